The van der Waals surface area contributed by atoms with Gasteiger partial charge in [-0.3, -0.25) is 0 Å². The number of aromatic nitrogens is 1. The van der Waals surface area contributed by atoms with Crippen molar-refractivity contribution in [2.45, 2.75) is 24.1 Å². The summed E-state index contributed by atoms with van der Waals surface area (Å²) >= 11 is 0.753. The molecule has 0 saturated carbocycles. The number of aromatic carboxylic acids is 1. The Morgan fingerprint density at radius 1 is 1.56 bits per heavy atom. The number of hydrogen-bond acceptors (Lipinski definition) is 6. The molecular formula is C9H14N2O5S2. The molecule has 0 radical (unpaired) electrons. The van der Waals surface area contributed by atoms with Crippen molar-refractivity contribution in [3.63, 3.8) is 0 Å². The lowest BCUT2D eigenvalue weighted by molar-refractivity contribution is 0.0687. The van der Waals surface area contributed by atoms with Crippen LogP contribution in [-0.2, 0) is 10.0 Å². The van der Waals surface area contributed by atoms with Crippen molar-refractivity contribution >= 4 is 27.3 Å². The van der Waals surface area contributed by atoms with Gasteiger partial charge in [0.2, 0.25) is 0 Å². The molecule has 0 saturated heterocycles. The molecule has 0 aliphatic carbocycles. The van der Waals surface area contributed by atoms with E-state index < -0.39 is 21.7 Å². The third-order valence-corrected chi connectivity index (χ3v) is 5.60. The molecular weight excluding hydrogens is 280 g/mol. The van der Waals surface area contributed by atoms with Gasteiger partial charge in [-0.15, -0.1) is 11.3 Å². The lowest BCUT2D eigenvalue weighted by Gasteiger charge is -2.24. The molecule has 102 valence electrons. The Bertz CT molecular complexity index is 523. The zero-order valence-electron chi connectivity index (χ0n) is 9.90. The van der Waals surface area contributed by atoms with Crippen LogP contribution in [0.5, 0.6) is 0 Å². The van der Waals surface area contributed by atoms with Crippen LogP contribution in [0.2, 0.25) is 0 Å². The van der Waals surface area contributed by atoms with Gasteiger partial charge in [0.1, 0.15) is 0 Å². The Kier molecular flexibility index (Phi) is 4.79. The number of sulfonamides is 1. The van der Waals surface area contributed by atoms with Crippen molar-refractivity contribution in [1.82, 2.24) is 9.29 Å². The molecule has 1 heterocycles. The van der Waals surface area contributed by atoms with E-state index in [2.05, 4.69) is 4.98 Å². The maximum absolute atomic E-state index is 12.3. The molecule has 0 amide bonds. The number of nitrogens with zero attached hydrogens (tertiary/aromatic N) is 2. The topological polar surface area (TPSA) is 108 Å². The van der Waals surface area contributed by atoms with E-state index >= 15 is 0 Å². The van der Waals surface area contributed by atoms with E-state index in [1.807, 2.05) is 0 Å². The molecule has 1 aromatic rings. The van der Waals surface area contributed by atoms with Crippen LogP contribution in [-0.4, -0.2) is 53.1 Å². The summed E-state index contributed by atoms with van der Waals surface area (Å²) in [6, 6.07) is -0.383. The fourth-order valence-electron chi connectivity index (χ4n) is 1.42. The minimum atomic E-state index is -3.95. The quantitative estimate of drug-likeness (QED) is 0.777. The average Bonchev–Trinajstić information content (AvgIpc) is 2.74. The van der Waals surface area contributed by atoms with Crippen molar-refractivity contribution < 1.29 is 23.4 Å². The van der Waals surface area contributed by atoms with Crippen LogP contribution < -0.4 is 0 Å². The molecule has 0 spiro atoms. The number of carbonyl (C=O) groups is 1. The number of thiazole rings is 1. The molecule has 0 aliphatic rings. The monoisotopic (exact) mass is 294 g/mol. The number of hydrogen-bond donors (Lipinski definition) is 2. The van der Waals surface area contributed by atoms with Crippen LogP contribution >= 0.6 is 11.3 Å². The van der Waals surface area contributed by atoms with Gasteiger partial charge < -0.3 is 10.2 Å². The highest BCUT2D eigenvalue weighted by atomic mass is 32.2. The molecule has 0 aliphatic heterocycles. The van der Waals surface area contributed by atoms with Crippen LogP contribution in [0.4, 0.5) is 0 Å². The van der Waals surface area contributed by atoms with Crippen molar-refractivity contribution in [3.8, 4) is 0 Å². The standard InChI is InChI=1S/C9H14N2O5S2/c1-6(2)11(3-4-12)18(15,16)9-7(8(13)14)10-5-17-9/h5-6,12H,3-4H2,1-2H3,(H,13,14). The van der Waals surface area contributed by atoms with Gasteiger partial charge in [-0.05, 0) is 13.8 Å². The second-order valence-corrected chi connectivity index (χ2v) is 6.67. The van der Waals surface area contributed by atoms with Crippen LogP contribution in [0.15, 0.2) is 9.72 Å². The summed E-state index contributed by atoms with van der Waals surface area (Å²) < 4.78 is 25.3. The number of aliphatic hydroxyl groups is 1. The lowest BCUT2D eigenvalue weighted by atomic mass is 10.4. The van der Waals surface area contributed by atoms with E-state index in [0.29, 0.717) is 0 Å². The van der Waals surface area contributed by atoms with E-state index in [9.17, 15) is 13.2 Å². The second-order valence-electron chi connectivity index (χ2n) is 3.73. The Morgan fingerprint density at radius 2 is 2.17 bits per heavy atom. The lowest BCUT2D eigenvalue weighted by Crippen LogP contribution is -2.39. The number of aliphatic hydroxyl groups excluding tert-OH is 1. The highest BCUT2D eigenvalue weighted by Crippen LogP contribution is 2.25. The van der Waals surface area contributed by atoms with Gasteiger partial charge in [0.15, 0.2) is 9.90 Å². The summed E-state index contributed by atoms with van der Waals surface area (Å²) in [6.07, 6.45) is 0. The fraction of sp³-hybridized carbons (Fsp3) is 0.556. The fourth-order valence-corrected chi connectivity index (χ4v) is 4.30. The molecule has 1 rings (SSSR count). The molecule has 0 atom stereocenters. The minimum absolute atomic E-state index is 0.0864. The predicted octanol–water partition coefficient (Wildman–Crippen LogP) is 0.233. The maximum Gasteiger partial charge on any atom is 0.356 e. The van der Waals surface area contributed by atoms with Gasteiger partial charge in [-0.25, -0.2) is 18.2 Å². The highest BCUT2D eigenvalue weighted by molar-refractivity contribution is 7.91. The molecule has 0 fully saturated rings. The summed E-state index contributed by atoms with van der Waals surface area (Å²) in [5.41, 5.74) is 0.692. The van der Waals surface area contributed by atoms with Gasteiger partial charge in [0, 0.05) is 12.6 Å². The summed E-state index contributed by atoms with van der Waals surface area (Å²) in [7, 11) is -3.95. The largest absolute Gasteiger partial charge is 0.476 e. The Hall–Kier alpha value is -1.03. The Morgan fingerprint density at radius 3 is 2.61 bits per heavy atom. The van der Waals surface area contributed by atoms with Crippen LogP contribution in [0.1, 0.15) is 24.3 Å². The van der Waals surface area contributed by atoms with Gasteiger partial charge in [0.05, 0.1) is 12.1 Å². The normalized spacial score (nSPS) is 12.3. The number of rotatable bonds is 6. The van der Waals surface area contributed by atoms with E-state index in [1.165, 1.54) is 5.51 Å². The van der Waals surface area contributed by atoms with E-state index in [4.69, 9.17) is 10.2 Å². The zero-order valence-corrected chi connectivity index (χ0v) is 11.5. The SMILES string of the molecule is CC(C)N(CCO)S(=O)(=O)c1scnc1C(=O)O. The van der Waals surface area contributed by atoms with Crippen molar-refractivity contribution in [2.75, 3.05) is 13.2 Å². The molecule has 2 N–H and O–H groups in total. The Labute approximate surface area is 109 Å². The summed E-state index contributed by atoms with van der Waals surface area (Å²) in [5.74, 6) is -1.39. The van der Waals surface area contributed by atoms with Gasteiger partial charge in [-0.1, -0.05) is 0 Å². The molecule has 18 heavy (non-hydrogen) atoms. The van der Waals surface area contributed by atoms with E-state index in [-0.39, 0.29) is 23.4 Å². The smallest absolute Gasteiger partial charge is 0.356 e. The van der Waals surface area contributed by atoms with Crippen molar-refractivity contribution in [3.05, 3.63) is 11.2 Å². The van der Waals surface area contributed by atoms with E-state index in [1.54, 1.807) is 13.8 Å². The molecule has 0 bridgehead atoms. The summed E-state index contributed by atoms with van der Waals surface area (Å²) in [6.45, 7) is 2.87. The van der Waals surface area contributed by atoms with E-state index in [0.717, 1.165) is 15.6 Å². The first-order chi connectivity index (χ1) is 8.32. The molecule has 0 aromatic carbocycles. The maximum atomic E-state index is 12.3. The number of carboxylic acid groups (broad SMARTS) is 1. The Balaban J connectivity index is 3.27. The van der Waals surface area contributed by atoms with Crippen LogP contribution in [0.25, 0.3) is 0 Å². The van der Waals surface area contributed by atoms with Crippen molar-refractivity contribution in [2.24, 2.45) is 0 Å². The first-order valence-electron chi connectivity index (χ1n) is 5.11. The minimum Gasteiger partial charge on any atom is -0.476 e. The third-order valence-electron chi connectivity index (χ3n) is 2.18. The molecule has 7 nitrogen and oxygen atoms in total. The zero-order chi connectivity index (χ0) is 13.9. The van der Waals surface area contributed by atoms with Crippen LogP contribution in [0, 0.1) is 0 Å². The molecule has 9 heteroatoms. The van der Waals surface area contributed by atoms with Gasteiger partial charge >= 0.3 is 5.97 Å². The average molecular weight is 294 g/mol. The first kappa shape index (κ1) is 15.0. The van der Waals surface area contributed by atoms with Gasteiger partial charge in [0.25, 0.3) is 10.0 Å². The second kappa shape index (κ2) is 5.74. The van der Waals surface area contributed by atoms with Crippen molar-refractivity contribution in [1.29, 1.82) is 0 Å². The third kappa shape index (κ3) is 2.86. The highest BCUT2D eigenvalue weighted by Gasteiger charge is 2.32. The molecule has 0 unspecified atom stereocenters. The summed E-state index contributed by atoms with van der Waals surface area (Å²) in [4.78, 5) is 14.4. The number of carboxylic acids is 1. The van der Waals surface area contributed by atoms with Crippen LogP contribution in [0.3, 0.4) is 0 Å². The van der Waals surface area contributed by atoms with Gasteiger partial charge in [-0.2, -0.15) is 4.31 Å². The molecule has 1 aromatic heterocycles. The summed E-state index contributed by atoms with van der Waals surface area (Å²) in [5, 5.41) is 17.8. The first-order valence-corrected chi connectivity index (χ1v) is 7.43. The predicted molar refractivity (Wildman–Crippen MR) is 65.2 cm³/mol.